The Labute approximate surface area is 146 Å². The first kappa shape index (κ1) is 17.0. The molecular formula is C20H21NO4. The number of hydrogen-bond donors (Lipinski definition) is 0. The van der Waals surface area contributed by atoms with E-state index in [9.17, 15) is 9.59 Å². The summed E-state index contributed by atoms with van der Waals surface area (Å²) in [5.41, 5.74) is 3.24. The summed E-state index contributed by atoms with van der Waals surface area (Å²) in [6, 6.07) is 14.3. The zero-order chi connectivity index (χ0) is 17.8. The van der Waals surface area contributed by atoms with Crippen molar-refractivity contribution in [1.82, 2.24) is 4.57 Å². The van der Waals surface area contributed by atoms with E-state index in [0.717, 1.165) is 23.0 Å². The molecule has 0 bridgehead atoms. The fourth-order valence-corrected chi connectivity index (χ4v) is 3.08. The van der Waals surface area contributed by atoms with Crippen LogP contribution in [0.25, 0.3) is 21.8 Å². The van der Waals surface area contributed by atoms with Crippen LogP contribution in [-0.4, -0.2) is 23.1 Å². The molecule has 5 nitrogen and oxygen atoms in total. The van der Waals surface area contributed by atoms with Crippen LogP contribution in [0.5, 0.6) is 0 Å². The van der Waals surface area contributed by atoms with E-state index in [1.54, 1.807) is 6.92 Å². The van der Waals surface area contributed by atoms with Crippen molar-refractivity contribution in [2.45, 2.75) is 33.4 Å². The van der Waals surface area contributed by atoms with Crippen molar-refractivity contribution in [2.75, 3.05) is 6.61 Å². The van der Waals surface area contributed by atoms with Gasteiger partial charge in [-0.25, -0.2) is 0 Å². The largest absolute Gasteiger partial charge is 0.466 e. The van der Waals surface area contributed by atoms with E-state index in [4.69, 9.17) is 9.47 Å². The van der Waals surface area contributed by atoms with Crippen LogP contribution in [0, 0.1) is 0 Å². The average Bonchev–Trinajstić information content (AvgIpc) is 2.93. The standard InChI is InChI=1S/C20H21NO4/c1-3-21-17-8-6-5-7-15(17)16-11-14(9-10-18(16)21)13-25-20(23)12-19(22)24-4-2/h5-11H,3-4,12-13H2,1-2H3. The molecule has 3 rings (SSSR count). The quantitative estimate of drug-likeness (QED) is 0.506. The number of aromatic nitrogens is 1. The van der Waals surface area contributed by atoms with Gasteiger partial charge in [0.1, 0.15) is 13.0 Å². The Balaban J connectivity index is 1.81. The van der Waals surface area contributed by atoms with Crippen molar-refractivity contribution in [3.05, 3.63) is 48.0 Å². The Bertz CT molecular complexity index is 926. The van der Waals surface area contributed by atoms with Crippen LogP contribution in [-0.2, 0) is 32.2 Å². The van der Waals surface area contributed by atoms with E-state index in [-0.39, 0.29) is 19.6 Å². The smallest absolute Gasteiger partial charge is 0.317 e. The predicted molar refractivity (Wildman–Crippen MR) is 96.2 cm³/mol. The van der Waals surface area contributed by atoms with Crippen molar-refractivity contribution in [3.8, 4) is 0 Å². The zero-order valence-electron chi connectivity index (χ0n) is 14.5. The molecule has 130 valence electrons. The van der Waals surface area contributed by atoms with E-state index >= 15 is 0 Å². The molecule has 2 aromatic carbocycles. The second-order valence-electron chi connectivity index (χ2n) is 5.76. The summed E-state index contributed by atoms with van der Waals surface area (Å²) in [5.74, 6) is -1.14. The monoisotopic (exact) mass is 339 g/mol. The molecule has 1 heterocycles. The van der Waals surface area contributed by atoms with Gasteiger partial charge in [-0.1, -0.05) is 24.3 Å². The molecule has 0 saturated heterocycles. The summed E-state index contributed by atoms with van der Waals surface area (Å²) in [6.07, 6.45) is -0.356. The minimum atomic E-state index is -0.575. The van der Waals surface area contributed by atoms with Gasteiger partial charge in [-0.15, -0.1) is 0 Å². The van der Waals surface area contributed by atoms with Crippen LogP contribution in [0.15, 0.2) is 42.5 Å². The van der Waals surface area contributed by atoms with E-state index in [1.807, 2.05) is 30.3 Å². The maximum Gasteiger partial charge on any atom is 0.317 e. The van der Waals surface area contributed by atoms with Gasteiger partial charge in [0.15, 0.2) is 0 Å². The van der Waals surface area contributed by atoms with Gasteiger partial charge in [0.05, 0.1) is 6.61 Å². The molecule has 0 saturated carbocycles. The number of fused-ring (bicyclic) bond motifs is 3. The summed E-state index contributed by atoms with van der Waals surface area (Å²) < 4.78 is 12.2. The highest BCUT2D eigenvalue weighted by atomic mass is 16.6. The number of carbonyl (C=O) groups is 2. The lowest BCUT2D eigenvalue weighted by Crippen LogP contribution is -2.13. The van der Waals surface area contributed by atoms with Gasteiger partial charge < -0.3 is 14.0 Å². The number of esters is 2. The molecule has 0 unspecified atom stereocenters. The predicted octanol–water partition coefficient (Wildman–Crippen LogP) is 3.81. The van der Waals surface area contributed by atoms with Gasteiger partial charge in [0.25, 0.3) is 0 Å². The Hall–Kier alpha value is -2.82. The Kier molecular flexibility index (Phi) is 5.03. The summed E-state index contributed by atoms with van der Waals surface area (Å²) >= 11 is 0. The van der Waals surface area contributed by atoms with Crippen molar-refractivity contribution < 1.29 is 19.1 Å². The summed E-state index contributed by atoms with van der Waals surface area (Å²) in [6.45, 7) is 5.10. The zero-order valence-corrected chi connectivity index (χ0v) is 14.5. The molecule has 0 aliphatic rings. The van der Waals surface area contributed by atoms with Crippen molar-refractivity contribution in [1.29, 1.82) is 0 Å². The van der Waals surface area contributed by atoms with Crippen LogP contribution < -0.4 is 0 Å². The van der Waals surface area contributed by atoms with E-state index < -0.39 is 11.9 Å². The Morgan fingerprint density at radius 1 is 0.920 bits per heavy atom. The Morgan fingerprint density at radius 2 is 1.64 bits per heavy atom. The lowest BCUT2D eigenvalue weighted by molar-refractivity contribution is -0.155. The van der Waals surface area contributed by atoms with Crippen molar-refractivity contribution >= 4 is 33.7 Å². The highest BCUT2D eigenvalue weighted by molar-refractivity contribution is 6.08. The van der Waals surface area contributed by atoms with Crippen LogP contribution in [0.2, 0.25) is 0 Å². The number of aryl methyl sites for hydroxylation is 1. The molecule has 0 radical (unpaired) electrons. The van der Waals surface area contributed by atoms with Crippen LogP contribution >= 0.6 is 0 Å². The highest BCUT2D eigenvalue weighted by Gasteiger charge is 2.13. The van der Waals surface area contributed by atoms with Gasteiger partial charge in [0, 0.05) is 28.4 Å². The molecule has 5 heteroatoms. The molecule has 0 spiro atoms. The van der Waals surface area contributed by atoms with E-state index in [2.05, 4.69) is 23.6 Å². The van der Waals surface area contributed by atoms with Gasteiger partial charge in [0.2, 0.25) is 0 Å². The van der Waals surface area contributed by atoms with Gasteiger partial charge in [-0.05, 0) is 37.6 Å². The number of para-hydroxylation sites is 1. The number of rotatable bonds is 6. The molecule has 0 aliphatic carbocycles. The molecule has 0 atom stereocenters. The molecule has 0 aliphatic heterocycles. The van der Waals surface area contributed by atoms with Crippen molar-refractivity contribution in [3.63, 3.8) is 0 Å². The first-order valence-electron chi connectivity index (χ1n) is 8.45. The minimum Gasteiger partial charge on any atom is -0.466 e. The highest BCUT2D eigenvalue weighted by Crippen LogP contribution is 2.29. The Morgan fingerprint density at radius 3 is 2.40 bits per heavy atom. The summed E-state index contributed by atoms with van der Waals surface area (Å²) in [5, 5.41) is 2.32. The maximum atomic E-state index is 11.7. The fourth-order valence-electron chi connectivity index (χ4n) is 3.08. The number of nitrogens with zero attached hydrogens (tertiary/aromatic N) is 1. The lowest BCUT2D eigenvalue weighted by Gasteiger charge is -2.06. The third-order valence-electron chi connectivity index (χ3n) is 4.15. The summed E-state index contributed by atoms with van der Waals surface area (Å²) in [4.78, 5) is 23.0. The lowest BCUT2D eigenvalue weighted by atomic mass is 10.1. The first-order valence-corrected chi connectivity index (χ1v) is 8.45. The minimum absolute atomic E-state index is 0.139. The molecule has 1 aromatic heterocycles. The number of ether oxygens (including phenoxy) is 2. The van der Waals surface area contributed by atoms with Crippen LogP contribution in [0.1, 0.15) is 25.8 Å². The van der Waals surface area contributed by atoms with Crippen LogP contribution in [0.4, 0.5) is 0 Å². The molecule has 0 fully saturated rings. The van der Waals surface area contributed by atoms with Gasteiger partial charge in [-0.3, -0.25) is 9.59 Å². The number of carbonyl (C=O) groups excluding carboxylic acids is 2. The third-order valence-corrected chi connectivity index (χ3v) is 4.15. The number of benzene rings is 2. The average molecular weight is 339 g/mol. The second-order valence-corrected chi connectivity index (χ2v) is 5.76. The van der Waals surface area contributed by atoms with Crippen LogP contribution in [0.3, 0.4) is 0 Å². The van der Waals surface area contributed by atoms with E-state index in [1.165, 1.54) is 10.9 Å². The molecule has 3 aromatic rings. The van der Waals surface area contributed by atoms with E-state index in [0.29, 0.717) is 0 Å². The molecule has 25 heavy (non-hydrogen) atoms. The SMILES string of the molecule is CCOC(=O)CC(=O)OCc1ccc2c(c1)c1ccccc1n2CC. The molecular weight excluding hydrogens is 318 g/mol. The van der Waals surface area contributed by atoms with Gasteiger partial charge >= 0.3 is 11.9 Å². The maximum absolute atomic E-state index is 11.7. The normalized spacial score (nSPS) is 11.0. The van der Waals surface area contributed by atoms with Crippen molar-refractivity contribution in [2.24, 2.45) is 0 Å². The summed E-state index contributed by atoms with van der Waals surface area (Å²) in [7, 11) is 0. The number of hydrogen-bond acceptors (Lipinski definition) is 4. The molecule has 0 N–H and O–H groups in total. The molecule has 0 amide bonds. The second kappa shape index (κ2) is 7.38. The topological polar surface area (TPSA) is 57.5 Å². The first-order chi connectivity index (χ1) is 12.1. The van der Waals surface area contributed by atoms with Gasteiger partial charge in [-0.2, -0.15) is 0 Å². The fraction of sp³-hybridized carbons (Fsp3) is 0.300. The third kappa shape index (κ3) is 3.50.